The molecule has 1 saturated heterocycles. The second-order valence-corrected chi connectivity index (χ2v) is 4.50. The zero-order valence-electron chi connectivity index (χ0n) is 11.3. The van der Waals surface area contributed by atoms with Crippen molar-refractivity contribution in [1.82, 2.24) is 4.98 Å². The molecule has 0 spiro atoms. The van der Waals surface area contributed by atoms with Crippen LogP contribution in [-0.2, 0) is 27.2 Å². The van der Waals surface area contributed by atoms with E-state index >= 15 is 0 Å². The minimum absolute atomic E-state index is 0.119. The molecule has 0 bridgehead atoms. The highest BCUT2D eigenvalue weighted by Crippen LogP contribution is 2.20. The molecule has 2 heterocycles. The summed E-state index contributed by atoms with van der Waals surface area (Å²) in [5, 5.41) is 0. The fourth-order valence-electron chi connectivity index (χ4n) is 2.14. The Balaban J connectivity index is 2.09. The number of methoxy groups -OCH3 is 2. The van der Waals surface area contributed by atoms with Crippen LogP contribution in [-0.4, -0.2) is 37.9 Å². The molecule has 19 heavy (non-hydrogen) atoms. The minimum atomic E-state index is -0.532. The lowest BCUT2D eigenvalue weighted by Crippen LogP contribution is -2.21. The predicted molar refractivity (Wildman–Crippen MR) is 65.9 cm³/mol. The van der Waals surface area contributed by atoms with Crippen LogP contribution in [0.5, 0.6) is 0 Å². The van der Waals surface area contributed by atoms with Crippen molar-refractivity contribution in [2.24, 2.45) is 0 Å². The second kappa shape index (κ2) is 6.68. The van der Waals surface area contributed by atoms with Crippen molar-refractivity contribution < 1.29 is 23.4 Å². The van der Waals surface area contributed by atoms with Crippen molar-refractivity contribution in [2.75, 3.05) is 20.8 Å². The number of carbonyl (C=O) groups excluding carboxylic acids is 1. The summed E-state index contributed by atoms with van der Waals surface area (Å²) < 4.78 is 20.8. The Kier molecular flexibility index (Phi) is 4.93. The summed E-state index contributed by atoms with van der Waals surface area (Å²) in [7, 11) is 2.85. The SMILES string of the molecule is COCc1nc(CC2CCCCO2)oc1C(=O)OC. The fourth-order valence-corrected chi connectivity index (χ4v) is 2.14. The molecule has 1 aromatic heterocycles. The van der Waals surface area contributed by atoms with Crippen molar-refractivity contribution in [3.63, 3.8) is 0 Å². The fraction of sp³-hybridized carbons (Fsp3) is 0.692. The minimum Gasteiger partial charge on any atom is -0.463 e. The average Bonchev–Trinajstić information content (AvgIpc) is 2.82. The molecule has 2 rings (SSSR count). The van der Waals surface area contributed by atoms with Gasteiger partial charge in [0.15, 0.2) is 5.89 Å². The van der Waals surface area contributed by atoms with Crippen LogP contribution < -0.4 is 0 Å². The van der Waals surface area contributed by atoms with Crippen molar-refractivity contribution in [3.05, 3.63) is 17.3 Å². The number of hydrogen-bond acceptors (Lipinski definition) is 6. The van der Waals surface area contributed by atoms with E-state index in [0.717, 1.165) is 25.9 Å². The van der Waals surface area contributed by atoms with Crippen LogP contribution in [0.2, 0.25) is 0 Å². The smallest absolute Gasteiger partial charge is 0.376 e. The third-order valence-electron chi connectivity index (χ3n) is 3.07. The second-order valence-electron chi connectivity index (χ2n) is 4.50. The molecule has 0 amide bonds. The van der Waals surface area contributed by atoms with Gasteiger partial charge in [-0.15, -0.1) is 0 Å². The first-order chi connectivity index (χ1) is 9.24. The largest absolute Gasteiger partial charge is 0.463 e. The molecule has 0 radical (unpaired) electrons. The number of oxazole rings is 1. The van der Waals surface area contributed by atoms with Crippen molar-refractivity contribution >= 4 is 5.97 Å². The number of ether oxygens (including phenoxy) is 3. The van der Waals surface area contributed by atoms with Gasteiger partial charge in [0.25, 0.3) is 0 Å². The lowest BCUT2D eigenvalue weighted by atomic mass is 10.1. The van der Waals surface area contributed by atoms with E-state index in [0.29, 0.717) is 18.0 Å². The number of esters is 1. The maximum atomic E-state index is 11.6. The Hall–Kier alpha value is -1.40. The molecular formula is C13H19NO5. The average molecular weight is 269 g/mol. The zero-order valence-corrected chi connectivity index (χ0v) is 11.3. The molecule has 1 aromatic rings. The first kappa shape index (κ1) is 14.0. The van der Waals surface area contributed by atoms with Gasteiger partial charge < -0.3 is 18.6 Å². The Morgan fingerprint density at radius 3 is 2.89 bits per heavy atom. The van der Waals surface area contributed by atoms with Gasteiger partial charge in [-0.25, -0.2) is 9.78 Å². The molecule has 1 atom stereocenters. The van der Waals surface area contributed by atoms with E-state index in [1.54, 1.807) is 7.11 Å². The van der Waals surface area contributed by atoms with Gasteiger partial charge in [0, 0.05) is 13.7 Å². The molecule has 1 aliphatic rings. The third-order valence-corrected chi connectivity index (χ3v) is 3.07. The summed E-state index contributed by atoms with van der Waals surface area (Å²) in [4.78, 5) is 15.9. The summed E-state index contributed by atoms with van der Waals surface area (Å²) in [6.07, 6.45) is 3.95. The Bertz CT molecular complexity index is 423. The number of rotatable bonds is 5. The number of aromatic nitrogens is 1. The molecule has 1 unspecified atom stereocenters. The van der Waals surface area contributed by atoms with Crippen LogP contribution in [0, 0.1) is 0 Å². The monoisotopic (exact) mass is 269 g/mol. The summed E-state index contributed by atoms with van der Waals surface area (Å²) in [6, 6.07) is 0. The lowest BCUT2D eigenvalue weighted by molar-refractivity contribution is 0.0128. The Labute approximate surface area is 112 Å². The van der Waals surface area contributed by atoms with E-state index in [9.17, 15) is 4.79 Å². The molecule has 0 aromatic carbocycles. The lowest BCUT2D eigenvalue weighted by Gasteiger charge is -2.20. The van der Waals surface area contributed by atoms with E-state index in [-0.39, 0.29) is 18.5 Å². The number of nitrogens with zero attached hydrogens (tertiary/aromatic N) is 1. The molecule has 0 N–H and O–H groups in total. The van der Waals surface area contributed by atoms with Gasteiger partial charge in [-0.1, -0.05) is 0 Å². The van der Waals surface area contributed by atoms with Crippen molar-refractivity contribution in [3.8, 4) is 0 Å². The normalized spacial score (nSPS) is 19.4. The highest BCUT2D eigenvalue weighted by Gasteiger charge is 2.23. The molecule has 6 heteroatoms. The van der Waals surface area contributed by atoms with E-state index < -0.39 is 5.97 Å². The number of carbonyl (C=O) groups is 1. The topological polar surface area (TPSA) is 70.8 Å². The highest BCUT2D eigenvalue weighted by atomic mass is 16.5. The van der Waals surface area contributed by atoms with Crippen molar-refractivity contribution in [2.45, 2.75) is 38.4 Å². The molecule has 1 aliphatic heterocycles. The van der Waals surface area contributed by atoms with Crippen LogP contribution >= 0.6 is 0 Å². The van der Waals surface area contributed by atoms with E-state index in [1.165, 1.54) is 7.11 Å². The quantitative estimate of drug-likeness (QED) is 0.758. The standard InChI is InChI=1S/C13H19NO5/c1-16-8-10-12(13(15)17-2)19-11(14-10)7-9-5-3-4-6-18-9/h9H,3-8H2,1-2H3. The van der Waals surface area contributed by atoms with Gasteiger partial charge >= 0.3 is 5.97 Å². The van der Waals surface area contributed by atoms with Gasteiger partial charge in [0.05, 0.1) is 26.2 Å². The molecule has 6 nitrogen and oxygen atoms in total. The molecule has 0 saturated carbocycles. The van der Waals surface area contributed by atoms with Gasteiger partial charge in [-0.2, -0.15) is 0 Å². The van der Waals surface area contributed by atoms with Gasteiger partial charge in [0.1, 0.15) is 5.69 Å². The highest BCUT2D eigenvalue weighted by molar-refractivity contribution is 5.87. The van der Waals surface area contributed by atoms with Crippen LogP contribution in [0.15, 0.2) is 4.42 Å². The first-order valence-corrected chi connectivity index (χ1v) is 6.42. The maximum absolute atomic E-state index is 11.6. The predicted octanol–water partition coefficient (Wildman–Crippen LogP) is 1.72. The summed E-state index contributed by atoms with van der Waals surface area (Å²) in [5.74, 6) is 0.0878. The molecule has 1 fully saturated rings. The molecule has 106 valence electrons. The Morgan fingerprint density at radius 2 is 2.26 bits per heavy atom. The third kappa shape index (κ3) is 3.54. The molecule has 0 aliphatic carbocycles. The van der Waals surface area contributed by atoms with Crippen LogP contribution in [0.25, 0.3) is 0 Å². The summed E-state index contributed by atoms with van der Waals surface area (Å²) in [6.45, 7) is 1.000. The van der Waals surface area contributed by atoms with E-state index in [1.807, 2.05) is 0 Å². The van der Waals surface area contributed by atoms with Gasteiger partial charge in [-0.05, 0) is 19.3 Å². The first-order valence-electron chi connectivity index (χ1n) is 6.42. The van der Waals surface area contributed by atoms with E-state index in [4.69, 9.17) is 13.9 Å². The van der Waals surface area contributed by atoms with Crippen molar-refractivity contribution in [1.29, 1.82) is 0 Å². The Morgan fingerprint density at radius 1 is 1.42 bits per heavy atom. The molecular weight excluding hydrogens is 250 g/mol. The zero-order chi connectivity index (χ0) is 13.7. The van der Waals surface area contributed by atoms with Gasteiger partial charge in [0.2, 0.25) is 5.76 Å². The van der Waals surface area contributed by atoms with Gasteiger partial charge in [-0.3, -0.25) is 0 Å². The number of hydrogen-bond donors (Lipinski definition) is 0. The maximum Gasteiger partial charge on any atom is 0.376 e. The summed E-state index contributed by atoms with van der Waals surface area (Å²) >= 11 is 0. The van der Waals surface area contributed by atoms with E-state index in [2.05, 4.69) is 9.72 Å². The summed E-state index contributed by atoms with van der Waals surface area (Å²) in [5.41, 5.74) is 0.472. The van der Waals surface area contributed by atoms with Crippen LogP contribution in [0.1, 0.15) is 41.4 Å². The van der Waals surface area contributed by atoms with Crippen LogP contribution in [0.3, 0.4) is 0 Å². The van der Waals surface area contributed by atoms with Crippen LogP contribution in [0.4, 0.5) is 0 Å².